The lowest BCUT2D eigenvalue weighted by Gasteiger charge is -2.09. The zero-order valence-corrected chi connectivity index (χ0v) is 8.82. The Morgan fingerprint density at radius 3 is 2.62 bits per heavy atom. The topological polar surface area (TPSA) is 75.3 Å². The summed E-state index contributed by atoms with van der Waals surface area (Å²) in [5.41, 5.74) is 6.23. The molecular weight excluding hydrogens is 211 g/mol. The Morgan fingerprint density at radius 1 is 1.44 bits per heavy atom. The first kappa shape index (κ1) is 12.6. The Bertz CT molecular complexity index is 340. The van der Waals surface area contributed by atoms with Gasteiger partial charge in [0.2, 0.25) is 5.91 Å². The van der Waals surface area contributed by atoms with Crippen molar-refractivity contribution in [1.29, 1.82) is 0 Å². The number of rotatable bonds is 5. The molecule has 0 bridgehead atoms. The van der Waals surface area contributed by atoms with Crippen LogP contribution in [0.1, 0.15) is 5.56 Å². The first-order valence-electron chi connectivity index (χ1n) is 5.02. The molecule has 0 spiro atoms. The van der Waals surface area contributed by atoms with Gasteiger partial charge in [-0.1, -0.05) is 12.1 Å². The predicted molar refractivity (Wildman–Crippen MR) is 58.2 cm³/mol. The molecule has 16 heavy (non-hydrogen) atoms. The van der Waals surface area contributed by atoms with Crippen LogP contribution in [-0.2, 0) is 11.2 Å². The second kappa shape index (κ2) is 6.19. The molecule has 0 heterocycles. The highest BCUT2D eigenvalue weighted by Crippen LogP contribution is 2.02. The molecule has 0 radical (unpaired) electrons. The maximum Gasteiger partial charge on any atom is 0.239 e. The summed E-state index contributed by atoms with van der Waals surface area (Å²) in [7, 11) is 0. The molecule has 1 aromatic carbocycles. The Kier molecular flexibility index (Phi) is 4.88. The molecule has 0 aliphatic carbocycles. The van der Waals surface area contributed by atoms with Gasteiger partial charge in [0.05, 0.1) is 6.61 Å². The fraction of sp³-hybridized carbons (Fsp3) is 0.364. The van der Waals surface area contributed by atoms with Gasteiger partial charge >= 0.3 is 0 Å². The van der Waals surface area contributed by atoms with Crippen molar-refractivity contribution in [3.8, 4) is 0 Å². The Morgan fingerprint density at radius 2 is 2.06 bits per heavy atom. The largest absolute Gasteiger partial charge is 0.394 e. The van der Waals surface area contributed by atoms with Gasteiger partial charge in [-0.2, -0.15) is 0 Å². The summed E-state index contributed by atoms with van der Waals surface area (Å²) in [6.07, 6.45) is 0.601. The predicted octanol–water partition coefficient (Wildman–Crippen LogP) is -0.196. The molecule has 0 aromatic heterocycles. The Labute approximate surface area is 93.3 Å². The van der Waals surface area contributed by atoms with E-state index in [9.17, 15) is 9.18 Å². The molecule has 4 N–H and O–H groups in total. The van der Waals surface area contributed by atoms with E-state index in [0.717, 1.165) is 5.56 Å². The fourth-order valence-electron chi connectivity index (χ4n) is 1.20. The van der Waals surface area contributed by atoms with Crippen LogP contribution < -0.4 is 11.1 Å². The van der Waals surface area contributed by atoms with E-state index in [2.05, 4.69) is 5.32 Å². The van der Waals surface area contributed by atoms with Crippen molar-refractivity contribution in [3.63, 3.8) is 0 Å². The summed E-state index contributed by atoms with van der Waals surface area (Å²) in [5.74, 6) is -0.667. The molecule has 88 valence electrons. The van der Waals surface area contributed by atoms with E-state index < -0.39 is 6.04 Å². The number of benzene rings is 1. The zero-order chi connectivity index (χ0) is 12.0. The molecule has 5 heteroatoms. The fourth-order valence-corrected chi connectivity index (χ4v) is 1.20. The number of nitrogens with one attached hydrogen (secondary N) is 1. The summed E-state index contributed by atoms with van der Waals surface area (Å²) in [6, 6.07) is 5.18. The van der Waals surface area contributed by atoms with E-state index >= 15 is 0 Å². The lowest BCUT2D eigenvalue weighted by molar-refractivity contribution is -0.123. The maximum atomic E-state index is 12.6. The van der Waals surface area contributed by atoms with Gasteiger partial charge in [0, 0.05) is 6.54 Å². The van der Waals surface area contributed by atoms with Gasteiger partial charge in [-0.25, -0.2) is 4.39 Å². The van der Waals surface area contributed by atoms with Crippen LogP contribution in [0.4, 0.5) is 4.39 Å². The van der Waals surface area contributed by atoms with E-state index in [1.54, 1.807) is 12.1 Å². The van der Waals surface area contributed by atoms with Crippen molar-refractivity contribution in [2.45, 2.75) is 12.5 Å². The van der Waals surface area contributed by atoms with Crippen LogP contribution in [0, 0.1) is 5.82 Å². The van der Waals surface area contributed by atoms with Crippen LogP contribution in [0.3, 0.4) is 0 Å². The highest BCUT2D eigenvalue weighted by Gasteiger charge is 2.10. The van der Waals surface area contributed by atoms with Crippen LogP contribution in [0.15, 0.2) is 24.3 Å². The molecular formula is C11H15FN2O2. The third kappa shape index (κ3) is 3.96. The monoisotopic (exact) mass is 226 g/mol. The number of carbonyl (C=O) groups is 1. The number of aliphatic hydroxyl groups excluding tert-OH is 1. The van der Waals surface area contributed by atoms with Crippen LogP contribution in [-0.4, -0.2) is 30.2 Å². The minimum absolute atomic E-state index is 0.282. The van der Waals surface area contributed by atoms with Gasteiger partial charge in [-0.05, 0) is 24.1 Å². The van der Waals surface area contributed by atoms with Crippen LogP contribution in [0.25, 0.3) is 0 Å². The van der Waals surface area contributed by atoms with Crippen molar-refractivity contribution < 1.29 is 14.3 Å². The average Bonchev–Trinajstić information content (AvgIpc) is 2.30. The van der Waals surface area contributed by atoms with E-state index in [4.69, 9.17) is 10.8 Å². The van der Waals surface area contributed by atoms with Gasteiger partial charge in [-0.3, -0.25) is 4.79 Å². The van der Waals surface area contributed by atoms with Crippen LogP contribution >= 0.6 is 0 Å². The van der Waals surface area contributed by atoms with E-state index in [-0.39, 0.29) is 18.3 Å². The number of halogens is 1. The zero-order valence-electron chi connectivity index (χ0n) is 8.82. The molecule has 1 unspecified atom stereocenters. The average molecular weight is 226 g/mol. The number of nitrogens with two attached hydrogens (primary N) is 1. The van der Waals surface area contributed by atoms with Gasteiger partial charge in [0.15, 0.2) is 0 Å². The summed E-state index contributed by atoms with van der Waals surface area (Å²) in [4.78, 5) is 11.2. The maximum absolute atomic E-state index is 12.6. The van der Waals surface area contributed by atoms with Gasteiger partial charge in [0.1, 0.15) is 11.9 Å². The number of carbonyl (C=O) groups excluding carboxylic acids is 1. The molecule has 0 fully saturated rings. The highest BCUT2D eigenvalue weighted by molar-refractivity contribution is 5.81. The number of hydrogen-bond acceptors (Lipinski definition) is 3. The molecule has 0 saturated carbocycles. The smallest absolute Gasteiger partial charge is 0.239 e. The summed E-state index contributed by atoms with van der Waals surface area (Å²) in [6.45, 7) is 0.0422. The minimum atomic E-state index is -0.881. The SMILES string of the molecule is NC(CO)C(=O)NCCc1ccc(F)cc1. The summed E-state index contributed by atoms with van der Waals surface area (Å²) < 4.78 is 12.6. The van der Waals surface area contributed by atoms with Gasteiger partial charge < -0.3 is 16.2 Å². The van der Waals surface area contributed by atoms with Crippen molar-refractivity contribution in [3.05, 3.63) is 35.6 Å². The van der Waals surface area contributed by atoms with Crippen LogP contribution in [0.5, 0.6) is 0 Å². The second-order valence-electron chi connectivity index (χ2n) is 3.46. The molecule has 1 atom stereocenters. The molecule has 0 saturated heterocycles. The molecule has 4 nitrogen and oxygen atoms in total. The van der Waals surface area contributed by atoms with E-state index in [1.807, 2.05) is 0 Å². The summed E-state index contributed by atoms with van der Waals surface area (Å²) in [5, 5.41) is 11.2. The normalized spacial score (nSPS) is 12.2. The summed E-state index contributed by atoms with van der Waals surface area (Å²) >= 11 is 0. The molecule has 1 aromatic rings. The minimum Gasteiger partial charge on any atom is -0.394 e. The Balaban J connectivity index is 2.30. The van der Waals surface area contributed by atoms with Crippen LogP contribution in [0.2, 0.25) is 0 Å². The van der Waals surface area contributed by atoms with Gasteiger partial charge in [-0.15, -0.1) is 0 Å². The standard InChI is InChI=1S/C11H15FN2O2/c12-9-3-1-8(2-4-9)5-6-14-11(16)10(13)7-15/h1-4,10,15H,5-7,13H2,(H,14,16). The lowest BCUT2D eigenvalue weighted by Crippen LogP contribution is -2.43. The van der Waals surface area contributed by atoms with E-state index in [0.29, 0.717) is 13.0 Å². The number of hydrogen-bond donors (Lipinski definition) is 3. The second-order valence-corrected chi connectivity index (χ2v) is 3.46. The quantitative estimate of drug-likeness (QED) is 0.651. The third-order valence-corrected chi connectivity index (χ3v) is 2.16. The van der Waals surface area contributed by atoms with E-state index in [1.165, 1.54) is 12.1 Å². The molecule has 0 aliphatic heterocycles. The van der Waals surface area contributed by atoms with Crippen molar-refractivity contribution in [1.82, 2.24) is 5.32 Å². The molecule has 1 rings (SSSR count). The first-order valence-corrected chi connectivity index (χ1v) is 5.02. The molecule has 0 aliphatic rings. The number of aliphatic hydroxyl groups is 1. The van der Waals surface area contributed by atoms with Crippen molar-refractivity contribution in [2.75, 3.05) is 13.2 Å². The number of amides is 1. The van der Waals surface area contributed by atoms with Gasteiger partial charge in [0.25, 0.3) is 0 Å². The third-order valence-electron chi connectivity index (χ3n) is 2.16. The first-order chi connectivity index (χ1) is 7.63. The Hall–Kier alpha value is -1.46. The lowest BCUT2D eigenvalue weighted by atomic mass is 10.1. The van der Waals surface area contributed by atoms with Crippen molar-refractivity contribution in [2.24, 2.45) is 5.73 Å². The highest BCUT2D eigenvalue weighted by atomic mass is 19.1. The molecule has 1 amide bonds. The van der Waals surface area contributed by atoms with Crippen molar-refractivity contribution >= 4 is 5.91 Å².